The second-order valence-corrected chi connectivity index (χ2v) is 5.49. The molecule has 1 saturated heterocycles. The molecule has 0 aromatic carbocycles. The summed E-state index contributed by atoms with van der Waals surface area (Å²) < 4.78 is 0. The van der Waals surface area contributed by atoms with Gasteiger partial charge in [0.2, 0.25) is 0 Å². The van der Waals surface area contributed by atoms with Crippen LogP contribution in [0, 0.1) is 6.92 Å². The summed E-state index contributed by atoms with van der Waals surface area (Å²) in [6, 6.07) is 0. The van der Waals surface area contributed by atoms with Crippen molar-refractivity contribution < 1.29 is 0 Å². The highest BCUT2D eigenvalue weighted by atomic mass is 32.1. The first-order valence-electron chi connectivity index (χ1n) is 5.94. The maximum atomic E-state index is 4.60. The van der Waals surface area contributed by atoms with Crippen molar-refractivity contribution >= 4 is 11.3 Å². The maximum absolute atomic E-state index is 4.60. The number of hydrogen-bond donors (Lipinski definition) is 0. The third-order valence-corrected chi connectivity index (χ3v) is 3.95. The number of aryl methyl sites for hydroxylation is 1. The van der Waals surface area contributed by atoms with Crippen molar-refractivity contribution in [2.75, 3.05) is 19.6 Å². The predicted molar refractivity (Wildman–Crippen MR) is 65.6 cm³/mol. The second-order valence-electron chi connectivity index (χ2n) is 4.43. The van der Waals surface area contributed by atoms with Gasteiger partial charge >= 0.3 is 0 Å². The Kier molecular flexibility index (Phi) is 3.76. The lowest BCUT2D eigenvalue weighted by Crippen LogP contribution is -2.21. The largest absolute Gasteiger partial charge is 0.303 e. The van der Waals surface area contributed by atoms with E-state index in [1.165, 1.54) is 49.6 Å². The number of likely N-dealkylation sites (tertiary alicyclic amines) is 1. The third-order valence-electron chi connectivity index (χ3n) is 3.16. The summed E-state index contributed by atoms with van der Waals surface area (Å²) in [7, 11) is 0. The van der Waals surface area contributed by atoms with Crippen molar-refractivity contribution in [2.24, 2.45) is 0 Å². The van der Waals surface area contributed by atoms with Crippen molar-refractivity contribution in [3.8, 4) is 0 Å². The van der Waals surface area contributed by atoms with E-state index in [4.69, 9.17) is 0 Å². The van der Waals surface area contributed by atoms with Crippen LogP contribution in [0.25, 0.3) is 0 Å². The van der Waals surface area contributed by atoms with E-state index < -0.39 is 0 Å². The zero-order chi connectivity index (χ0) is 10.7. The Hall–Kier alpha value is -0.410. The molecule has 0 bridgehead atoms. The highest BCUT2D eigenvalue weighted by Gasteiger charge is 2.24. The van der Waals surface area contributed by atoms with E-state index in [0.717, 1.165) is 0 Å². The summed E-state index contributed by atoms with van der Waals surface area (Å²) in [5.74, 6) is 0.701. The van der Waals surface area contributed by atoms with Gasteiger partial charge in [0.15, 0.2) is 0 Å². The highest BCUT2D eigenvalue weighted by Crippen LogP contribution is 2.27. The summed E-state index contributed by atoms with van der Waals surface area (Å²) in [5.41, 5.74) is 1.33. The van der Waals surface area contributed by atoms with Crippen molar-refractivity contribution in [1.82, 2.24) is 9.88 Å². The van der Waals surface area contributed by atoms with Gasteiger partial charge in [-0.25, -0.2) is 4.98 Å². The van der Waals surface area contributed by atoms with E-state index in [1.54, 1.807) is 11.3 Å². The van der Waals surface area contributed by atoms with Crippen molar-refractivity contribution in [1.29, 1.82) is 0 Å². The SMILES string of the molecule is CCCCN1CCC(c2csc(C)n2)C1. The molecule has 1 aromatic heterocycles. The van der Waals surface area contributed by atoms with Gasteiger partial charge in [-0.3, -0.25) is 0 Å². The fourth-order valence-electron chi connectivity index (χ4n) is 2.23. The molecular formula is C12H20N2S. The lowest BCUT2D eigenvalue weighted by atomic mass is 10.1. The van der Waals surface area contributed by atoms with Gasteiger partial charge < -0.3 is 4.90 Å². The molecule has 0 amide bonds. The van der Waals surface area contributed by atoms with Crippen LogP contribution >= 0.6 is 11.3 Å². The van der Waals surface area contributed by atoms with Gasteiger partial charge in [0.25, 0.3) is 0 Å². The van der Waals surface area contributed by atoms with Gasteiger partial charge in [-0.2, -0.15) is 0 Å². The topological polar surface area (TPSA) is 16.1 Å². The lowest BCUT2D eigenvalue weighted by molar-refractivity contribution is 0.328. The Balaban J connectivity index is 1.87. The Morgan fingerprint density at radius 3 is 3.13 bits per heavy atom. The molecule has 1 atom stereocenters. The molecule has 2 nitrogen and oxygen atoms in total. The average molecular weight is 224 g/mol. The fraction of sp³-hybridized carbons (Fsp3) is 0.750. The minimum atomic E-state index is 0.701. The molecule has 1 aliphatic rings. The van der Waals surface area contributed by atoms with E-state index >= 15 is 0 Å². The summed E-state index contributed by atoms with van der Waals surface area (Å²) >= 11 is 1.78. The highest BCUT2D eigenvalue weighted by molar-refractivity contribution is 7.09. The first-order chi connectivity index (χ1) is 7.29. The van der Waals surface area contributed by atoms with Gasteiger partial charge in [-0.15, -0.1) is 11.3 Å². The molecule has 0 saturated carbocycles. The quantitative estimate of drug-likeness (QED) is 0.781. The van der Waals surface area contributed by atoms with E-state index in [2.05, 4.69) is 29.1 Å². The van der Waals surface area contributed by atoms with Gasteiger partial charge in [0, 0.05) is 17.8 Å². The molecule has 1 aliphatic heterocycles. The standard InChI is InChI=1S/C12H20N2S/c1-3-4-6-14-7-5-11(8-14)12-9-15-10(2)13-12/h9,11H,3-8H2,1-2H3. The summed E-state index contributed by atoms with van der Waals surface area (Å²) in [6.45, 7) is 8.12. The molecule has 0 radical (unpaired) electrons. The van der Waals surface area contributed by atoms with E-state index in [9.17, 15) is 0 Å². The van der Waals surface area contributed by atoms with Crippen LogP contribution < -0.4 is 0 Å². The van der Waals surface area contributed by atoms with Crippen LogP contribution in [0.1, 0.15) is 42.8 Å². The Morgan fingerprint density at radius 2 is 2.47 bits per heavy atom. The van der Waals surface area contributed by atoms with Gasteiger partial charge in [-0.1, -0.05) is 13.3 Å². The zero-order valence-electron chi connectivity index (χ0n) is 9.70. The fourth-order valence-corrected chi connectivity index (χ4v) is 2.92. The first kappa shape index (κ1) is 11.1. The van der Waals surface area contributed by atoms with Crippen LogP contribution in [0.3, 0.4) is 0 Å². The summed E-state index contributed by atoms with van der Waals surface area (Å²) in [4.78, 5) is 7.19. The second kappa shape index (κ2) is 5.08. The zero-order valence-corrected chi connectivity index (χ0v) is 10.5. The van der Waals surface area contributed by atoms with Crippen LogP contribution in [0.2, 0.25) is 0 Å². The Bertz CT molecular complexity index is 308. The maximum Gasteiger partial charge on any atom is 0.0897 e. The molecule has 0 spiro atoms. The van der Waals surface area contributed by atoms with Crippen LogP contribution in [0.4, 0.5) is 0 Å². The molecule has 15 heavy (non-hydrogen) atoms. The Morgan fingerprint density at radius 1 is 1.60 bits per heavy atom. The summed E-state index contributed by atoms with van der Waals surface area (Å²) in [6.07, 6.45) is 3.94. The third kappa shape index (κ3) is 2.79. The predicted octanol–water partition coefficient (Wildman–Crippen LogP) is 3.04. The van der Waals surface area contributed by atoms with Crippen molar-refractivity contribution in [2.45, 2.75) is 39.0 Å². The van der Waals surface area contributed by atoms with Gasteiger partial charge in [0.1, 0.15) is 0 Å². The van der Waals surface area contributed by atoms with Crippen molar-refractivity contribution in [3.63, 3.8) is 0 Å². The molecule has 2 rings (SSSR count). The lowest BCUT2D eigenvalue weighted by Gasteiger charge is -2.14. The number of nitrogens with zero attached hydrogens (tertiary/aromatic N) is 2. The van der Waals surface area contributed by atoms with Gasteiger partial charge in [0.05, 0.1) is 10.7 Å². The molecule has 1 fully saturated rings. The minimum absolute atomic E-state index is 0.701. The van der Waals surface area contributed by atoms with Crippen LogP contribution in [-0.4, -0.2) is 29.5 Å². The van der Waals surface area contributed by atoms with E-state index in [1.807, 2.05) is 0 Å². The minimum Gasteiger partial charge on any atom is -0.303 e. The molecular weight excluding hydrogens is 204 g/mol. The van der Waals surface area contributed by atoms with E-state index in [-0.39, 0.29) is 0 Å². The number of hydrogen-bond acceptors (Lipinski definition) is 3. The number of aromatic nitrogens is 1. The summed E-state index contributed by atoms with van der Waals surface area (Å²) in [5, 5.41) is 3.44. The molecule has 1 aromatic rings. The van der Waals surface area contributed by atoms with Crippen LogP contribution in [-0.2, 0) is 0 Å². The molecule has 1 unspecified atom stereocenters. The van der Waals surface area contributed by atoms with Crippen LogP contribution in [0.15, 0.2) is 5.38 Å². The number of rotatable bonds is 4. The molecule has 2 heterocycles. The normalized spacial score (nSPS) is 22.4. The first-order valence-corrected chi connectivity index (χ1v) is 6.82. The number of unbranched alkanes of at least 4 members (excludes halogenated alkanes) is 1. The molecule has 84 valence electrons. The van der Waals surface area contributed by atoms with E-state index in [0.29, 0.717) is 5.92 Å². The van der Waals surface area contributed by atoms with Crippen molar-refractivity contribution in [3.05, 3.63) is 16.1 Å². The number of thiazole rings is 1. The molecule has 0 aliphatic carbocycles. The average Bonchev–Trinajstić information content (AvgIpc) is 2.83. The molecule has 0 N–H and O–H groups in total. The van der Waals surface area contributed by atoms with Gasteiger partial charge in [-0.05, 0) is 32.9 Å². The van der Waals surface area contributed by atoms with Crippen LogP contribution in [0.5, 0.6) is 0 Å². The molecule has 3 heteroatoms. The Labute approximate surface area is 96.3 Å². The monoisotopic (exact) mass is 224 g/mol. The smallest absolute Gasteiger partial charge is 0.0897 e.